The third kappa shape index (κ3) is 3.88. The molecule has 84 valence electrons. The third-order valence-electron chi connectivity index (χ3n) is 2.24. The highest BCUT2D eigenvalue weighted by Gasteiger charge is 1.93. The molecule has 1 heteroatoms. The predicted molar refractivity (Wildman–Crippen MR) is 70.1 cm³/mol. The zero-order valence-corrected chi connectivity index (χ0v) is 10.4. The van der Waals surface area contributed by atoms with Crippen LogP contribution in [0.2, 0.25) is 0 Å². The molecule has 0 heterocycles. The molecule has 0 amide bonds. The van der Waals surface area contributed by atoms with Gasteiger partial charge >= 0.3 is 0 Å². The van der Waals surface area contributed by atoms with Gasteiger partial charge in [0.15, 0.2) is 0 Å². The molecule has 0 aliphatic rings. The molecule has 0 spiro atoms. The van der Waals surface area contributed by atoms with E-state index in [-0.39, 0.29) is 0 Å². The SMILES string of the molecule is C/C=c1/cccc(CCN)/c1=C/C.CC. The molecule has 2 N–H and O–H groups in total. The van der Waals surface area contributed by atoms with Gasteiger partial charge in [0.1, 0.15) is 0 Å². The minimum absolute atomic E-state index is 0.716. The lowest BCUT2D eigenvalue weighted by atomic mass is 10.1. The summed E-state index contributed by atoms with van der Waals surface area (Å²) in [6, 6.07) is 6.37. The van der Waals surface area contributed by atoms with Crippen LogP contribution in [0.25, 0.3) is 12.2 Å². The maximum atomic E-state index is 5.55. The lowest BCUT2D eigenvalue weighted by Gasteiger charge is -2.00. The molecule has 0 atom stereocenters. The molecular formula is C14H23N. The summed E-state index contributed by atoms with van der Waals surface area (Å²) in [5, 5.41) is 2.63. The summed E-state index contributed by atoms with van der Waals surface area (Å²) in [4.78, 5) is 0. The van der Waals surface area contributed by atoms with Gasteiger partial charge in [-0.1, -0.05) is 44.2 Å². The highest BCUT2D eigenvalue weighted by atomic mass is 14.5. The highest BCUT2D eigenvalue weighted by molar-refractivity contribution is 5.34. The van der Waals surface area contributed by atoms with Crippen molar-refractivity contribution in [2.24, 2.45) is 5.73 Å². The van der Waals surface area contributed by atoms with Gasteiger partial charge in [-0.2, -0.15) is 0 Å². The normalized spacial score (nSPS) is 12.3. The highest BCUT2D eigenvalue weighted by Crippen LogP contribution is 1.88. The van der Waals surface area contributed by atoms with E-state index in [1.54, 1.807) is 0 Å². The molecular weight excluding hydrogens is 182 g/mol. The van der Waals surface area contributed by atoms with Crippen LogP contribution < -0.4 is 16.2 Å². The largest absolute Gasteiger partial charge is 0.330 e. The van der Waals surface area contributed by atoms with Gasteiger partial charge in [-0.05, 0) is 42.8 Å². The van der Waals surface area contributed by atoms with Crippen molar-refractivity contribution in [2.75, 3.05) is 6.54 Å². The summed E-state index contributed by atoms with van der Waals surface area (Å²) in [6.45, 7) is 8.85. The summed E-state index contributed by atoms with van der Waals surface area (Å²) < 4.78 is 0. The fourth-order valence-corrected chi connectivity index (χ4v) is 1.61. The van der Waals surface area contributed by atoms with Crippen LogP contribution in [0.5, 0.6) is 0 Å². The van der Waals surface area contributed by atoms with E-state index >= 15 is 0 Å². The van der Waals surface area contributed by atoms with Crippen molar-refractivity contribution in [3.63, 3.8) is 0 Å². The summed E-state index contributed by atoms with van der Waals surface area (Å²) in [5.74, 6) is 0. The first kappa shape index (κ1) is 13.9. The lowest BCUT2D eigenvalue weighted by molar-refractivity contribution is 0.958. The van der Waals surface area contributed by atoms with E-state index < -0.39 is 0 Å². The Labute approximate surface area is 93.3 Å². The van der Waals surface area contributed by atoms with Crippen molar-refractivity contribution in [3.8, 4) is 0 Å². The number of nitrogens with two attached hydrogens (primary N) is 1. The Bertz CT molecular complexity index is 377. The number of hydrogen-bond donors (Lipinski definition) is 1. The zero-order valence-electron chi connectivity index (χ0n) is 10.4. The molecule has 0 unspecified atom stereocenters. The van der Waals surface area contributed by atoms with Gasteiger partial charge in [-0.3, -0.25) is 0 Å². The molecule has 1 nitrogen and oxygen atoms in total. The lowest BCUT2D eigenvalue weighted by Crippen LogP contribution is -2.28. The predicted octanol–water partition coefficient (Wildman–Crippen LogP) is 1.81. The van der Waals surface area contributed by atoms with Crippen molar-refractivity contribution in [3.05, 3.63) is 34.2 Å². The van der Waals surface area contributed by atoms with Crippen molar-refractivity contribution in [1.29, 1.82) is 0 Å². The molecule has 0 saturated heterocycles. The van der Waals surface area contributed by atoms with E-state index in [2.05, 4.69) is 44.2 Å². The number of benzene rings is 1. The van der Waals surface area contributed by atoms with Crippen LogP contribution in [0.15, 0.2) is 18.2 Å². The quantitative estimate of drug-likeness (QED) is 0.783. The Morgan fingerprint density at radius 1 is 1.13 bits per heavy atom. The Hall–Kier alpha value is -1.08. The molecule has 1 aromatic carbocycles. The maximum absolute atomic E-state index is 5.55. The van der Waals surface area contributed by atoms with Crippen LogP contribution in [0.1, 0.15) is 33.3 Å². The molecule has 0 aliphatic carbocycles. The fourth-order valence-electron chi connectivity index (χ4n) is 1.61. The molecule has 0 fully saturated rings. The van der Waals surface area contributed by atoms with Crippen molar-refractivity contribution in [1.82, 2.24) is 0 Å². The smallest absolute Gasteiger partial charge is 0.00365 e. The third-order valence-corrected chi connectivity index (χ3v) is 2.24. The second-order valence-electron chi connectivity index (χ2n) is 3.04. The fraction of sp³-hybridized carbons (Fsp3) is 0.429. The minimum atomic E-state index is 0.716. The van der Waals surface area contributed by atoms with E-state index in [0.717, 1.165) is 6.42 Å². The van der Waals surface area contributed by atoms with Crippen molar-refractivity contribution in [2.45, 2.75) is 34.1 Å². The molecule has 1 rings (SSSR count). The van der Waals surface area contributed by atoms with Crippen LogP contribution in [0.3, 0.4) is 0 Å². The minimum Gasteiger partial charge on any atom is -0.330 e. The van der Waals surface area contributed by atoms with E-state index in [9.17, 15) is 0 Å². The van der Waals surface area contributed by atoms with Crippen LogP contribution in [0.4, 0.5) is 0 Å². The first-order valence-corrected chi connectivity index (χ1v) is 5.74. The van der Waals surface area contributed by atoms with Gasteiger partial charge in [0, 0.05) is 0 Å². The summed E-state index contributed by atoms with van der Waals surface area (Å²) in [5.41, 5.74) is 6.90. The van der Waals surface area contributed by atoms with Crippen molar-refractivity contribution < 1.29 is 0 Å². The molecule has 0 radical (unpaired) electrons. The molecule has 0 bridgehead atoms. The second kappa shape index (κ2) is 8.25. The van der Waals surface area contributed by atoms with E-state index in [4.69, 9.17) is 5.73 Å². The van der Waals surface area contributed by atoms with E-state index in [1.807, 2.05) is 13.8 Å². The molecule has 1 aromatic rings. The van der Waals surface area contributed by atoms with Gasteiger partial charge in [-0.15, -0.1) is 0 Å². The van der Waals surface area contributed by atoms with Gasteiger partial charge in [0.05, 0.1) is 0 Å². The molecule has 15 heavy (non-hydrogen) atoms. The summed E-state index contributed by atoms with van der Waals surface area (Å²) in [7, 11) is 0. The topological polar surface area (TPSA) is 26.0 Å². The maximum Gasteiger partial charge on any atom is -0.00365 e. The van der Waals surface area contributed by atoms with E-state index in [0.29, 0.717) is 6.54 Å². The van der Waals surface area contributed by atoms with Crippen LogP contribution >= 0.6 is 0 Å². The Balaban J connectivity index is 0.000000921. The Morgan fingerprint density at radius 3 is 2.27 bits per heavy atom. The van der Waals surface area contributed by atoms with E-state index in [1.165, 1.54) is 16.0 Å². The number of rotatable bonds is 2. The van der Waals surface area contributed by atoms with Gasteiger partial charge in [-0.25, -0.2) is 0 Å². The van der Waals surface area contributed by atoms with Gasteiger partial charge in [0.25, 0.3) is 0 Å². The summed E-state index contributed by atoms with van der Waals surface area (Å²) >= 11 is 0. The first-order valence-electron chi connectivity index (χ1n) is 5.74. The molecule has 0 aliphatic heterocycles. The molecule has 0 saturated carbocycles. The monoisotopic (exact) mass is 205 g/mol. The van der Waals surface area contributed by atoms with Gasteiger partial charge in [0.2, 0.25) is 0 Å². The standard InChI is InChI=1S/C12H17N.C2H6/c1-3-10-6-5-7-11(8-9-13)12(10)4-2;1-2/h3-7H,8-9,13H2,1-2H3;1-2H3/b10-3-,12-4+;. The average molecular weight is 205 g/mol. The van der Waals surface area contributed by atoms with Gasteiger partial charge < -0.3 is 5.73 Å². The zero-order chi connectivity index (χ0) is 11.7. The Morgan fingerprint density at radius 2 is 1.80 bits per heavy atom. The van der Waals surface area contributed by atoms with Crippen LogP contribution in [-0.2, 0) is 6.42 Å². The first-order chi connectivity index (χ1) is 7.33. The molecule has 0 aromatic heterocycles. The van der Waals surface area contributed by atoms with Crippen molar-refractivity contribution >= 4 is 12.2 Å². The average Bonchev–Trinajstić information content (AvgIpc) is 2.31. The van der Waals surface area contributed by atoms with Crippen LogP contribution in [0, 0.1) is 0 Å². The van der Waals surface area contributed by atoms with Crippen LogP contribution in [-0.4, -0.2) is 6.54 Å². The number of hydrogen-bond acceptors (Lipinski definition) is 1. The second-order valence-corrected chi connectivity index (χ2v) is 3.04. The summed E-state index contributed by atoms with van der Waals surface area (Å²) in [6.07, 6.45) is 5.25. The Kier molecular flexibility index (Phi) is 7.65.